The van der Waals surface area contributed by atoms with Crippen LogP contribution in [-0.4, -0.2) is 42.1 Å². The summed E-state index contributed by atoms with van der Waals surface area (Å²) in [4.78, 5) is 4.75. The molecule has 3 rings (SSSR count). The van der Waals surface area contributed by atoms with E-state index in [2.05, 4.69) is 33.0 Å². The van der Waals surface area contributed by atoms with E-state index in [9.17, 15) is 8.78 Å². The van der Waals surface area contributed by atoms with Crippen molar-refractivity contribution in [3.8, 4) is 5.75 Å². The van der Waals surface area contributed by atoms with E-state index < -0.39 is 6.61 Å². The Morgan fingerprint density at radius 1 is 1.27 bits per heavy atom. The van der Waals surface area contributed by atoms with Crippen LogP contribution in [0.4, 0.5) is 8.78 Å². The number of halogens is 2. The van der Waals surface area contributed by atoms with Crippen molar-refractivity contribution in [1.82, 2.24) is 15.1 Å². The third-order valence-corrected chi connectivity index (χ3v) is 4.14. The highest BCUT2D eigenvalue weighted by Crippen LogP contribution is 2.25. The van der Waals surface area contributed by atoms with Gasteiger partial charge in [-0.1, -0.05) is 12.1 Å². The predicted molar refractivity (Wildman–Crippen MR) is 80.4 cm³/mol. The molecule has 120 valence electrons. The molecule has 6 heteroatoms. The van der Waals surface area contributed by atoms with E-state index in [1.54, 1.807) is 12.1 Å². The van der Waals surface area contributed by atoms with Gasteiger partial charge in [0.15, 0.2) is 0 Å². The van der Waals surface area contributed by atoms with Crippen molar-refractivity contribution in [2.24, 2.45) is 0 Å². The first-order chi connectivity index (χ1) is 10.6. The van der Waals surface area contributed by atoms with Gasteiger partial charge in [0.25, 0.3) is 0 Å². The summed E-state index contributed by atoms with van der Waals surface area (Å²) < 4.78 is 28.7. The van der Waals surface area contributed by atoms with Crippen LogP contribution in [-0.2, 0) is 6.54 Å². The quantitative estimate of drug-likeness (QED) is 0.925. The van der Waals surface area contributed by atoms with Crippen LogP contribution in [0.1, 0.15) is 18.9 Å². The molecule has 2 aliphatic rings. The summed E-state index contributed by atoms with van der Waals surface area (Å²) in [5, 5.41) is 3.33. The summed E-state index contributed by atoms with van der Waals surface area (Å²) >= 11 is 0. The van der Waals surface area contributed by atoms with Crippen LogP contribution in [0.25, 0.3) is 0 Å². The van der Waals surface area contributed by atoms with Crippen molar-refractivity contribution in [3.63, 3.8) is 0 Å². The monoisotopic (exact) mass is 309 g/mol. The van der Waals surface area contributed by atoms with E-state index in [0.717, 1.165) is 38.2 Å². The standard InChI is InChI=1S/C16H21F2N3O/c1-12-9-19-10-15-20(7-2-8-21(12)15)11-13-3-5-14(6-4-13)22-16(17)18/h3-6,10,12,16,19H,2,7-9,11H2,1H3. The minimum Gasteiger partial charge on any atom is -0.435 e. The number of alkyl halides is 2. The van der Waals surface area contributed by atoms with Gasteiger partial charge in [-0.25, -0.2) is 0 Å². The molecule has 0 amide bonds. The molecule has 1 saturated heterocycles. The Kier molecular flexibility index (Phi) is 4.36. The molecule has 1 fully saturated rings. The van der Waals surface area contributed by atoms with E-state index >= 15 is 0 Å². The van der Waals surface area contributed by atoms with Gasteiger partial charge in [0, 0.05) is 38.4 Å². The number of benzene rings is 1. The van der Waals surface area contributed by atoms with Gasteiger partial charge >= 0.3 is 6.61 Å². The Bertz CT molecular complexity index is 533. The lowest BCUT2D eigenvalue weighted by Gasteiger charge is -2.46. The lowest BCUT2D eigenvalue weighted by molar-refractivity contribution is -0.0498. The van der Waals surface area contributed by atoms with Gasteiger partial charge in [-0.05, 0) is 31.0 Å². The van der Waals surface area contributed by atoms with Crippen LogP contribution in [0.15, 0.2) is 36.3 Å². The van der Waals surface area contributed by atoms with Gasteiger partial charge in [-0.2, -0.15) is 8.78 Å². The predicted octanol–water partition coefficient (Wildman–Crippen LogP) is 2.59. The zero-order chi connectivity index (χ0) is 15.5. The maximum atomic E-state index is 12.2. The van der Waals surface area contributed by atoms with Crippen molar-refractivity contribution in [1.29, 1.82) is 0 Å². The number of nitrogens with one attached hydrogen (secondary N) is 1. The molecule has 22 heavy (non-hydrogen) atoms. The summed E-state index contributed by atoms with van der Waals surface area (Å²) in [6.07, 6.45) is 3.21. The molecule has 2 aliphatic heterocycles. The number of fused-ring (bicyclic) bond motifs is 1. The Morgan fingerprint density at radius 2 is 2.05 bits per heavy atom. The number of nitrogens with zero attached hydrogens (tertiary/aromatic N) is 2. The topological polar surface area (TPSA) is 27.7 Å². The zero-order valence-electron chi connectivity index (χ0n) is 12.6. The Hall–Kier alpha value is -1.98. The van der Waals surface area contributed by atoms with Crippen LogP contribution in [0.5, 0.6) is 5.75 Å². The molecule has 1 N–H and O–H groups in total. The van der Waals surface area contributed by atoms with Gasteiger partial charge in [-0.15, -0.1) is 0 Å². The van der Waals surface area contributed by atoms with E-state index in [4.69, 9.17) is 0 Å². The molecule has 1 aromatic carbocycles. The normalized spacial score (nSPS) is 21.3. The third kappa shape index (κ3) is 3.26. The minimum absolute atomic E-state index is 0.200. The molecule has 0 bridgehead atoms. The van der Waals surface area contributed by atoms with Crippen LogP contribution in [0, 0.1) is 0 Å². The minimum atomic E-state index is -2.78. The molecule has 1 aromatic rings. The Balaban J connectivity index is 1.68. The van der Waals surface area contributed by atoms with Crippen LogP contribution < -0.4 is 10.1 Å². The highest BCUT2D eigenvalue weighted by molar-refractivity contribution is 5.27. The van der Waals surface area contributed by atoms with Gasteiger partial charge in [0.2, 0.25) is 0 Å². The van der Waals surface area contributed by atoms with Crippen molar-refractivity contribution in [2.45, 2.75) is 32.5 Å². The molecule has 1 unspecified atom stereocenters. The second kappa shape index (κ2) is 6.42. The van der Waals surface area contributed by atoms with Crippen LogP contribution >= 0.6 is 0 Å². The fourth-order valence-corrected chi connectivity index (χ4v) is 3.05. The average Bonchev–Trinajstić information content (AvgIpc) is 2.50. The molecule has 1 atom stereocenters. The van der Waals surface area contributed by atoms with Crippen molar-refractivity contribution in [3.05, 3.63) is 41.8 Å². The summed E-state index contributed by atoms with van der Waals surface area (Å²) in [5.74, 6) is 1.42. The molecular weight excluding hydrogens is 288 g/mol. The molecule has 0 aliphatic carbocycles. The van der Waals surface area contributed by atoms with Gasteiger partial charge < -0.3 is 19.9 Å². The smallest absolute Gasteiger partial charge is 0.387 e. The highest BCUT2D eigenvalue weighted by Gasteiger charge is 2.28. The number of rotatable bonds is 4. The molecule has 4 nitrogen and oxygen atoms in total. The van der Waals surface area contributed by atoms with Crippen molar-refractivity contribution < 1.29 is 13.5 Å². The van der Waals surface area contributed by atoms with E-state index in [1.165, 1.54) is 5.82 Å². The first-order valence-electron chi connectivity index (χ1n) is 7.62. The SMILES string of the molecule is CC1CNC=C2N(Cc3ccc(OC(F)F)cc3)CCCN21. The lowest BCUT2D eigenvalue weighted by atomic mass is 10.1. The summed E-state index contributed by atoms with van der Waals surface area (Å²) in [5.41, 5.74) is 1.09. The summed E-state index contributed by atoms with van der Waals surface area (Å²) in [6.45, 7) is 3.28. The molecular formula is C16H21F2N3O. The fraction of sp³-hybridized carbons (Fsp3) is 0.500. The van der Waals surface area contributed by atoms with Crippen molar-refractivity contribution in [2.75, 3.05) is 19.6 Å². The zero-order valence-corrected chi connectivity index (χ0v) is 12.6. The van der Waals surface area contributed by atoms with E-state index in [0.29, 0.717) is 6.04 Å². The fourth-order valence-electron chi connectivity index (χ4n) is 3.05. The van der Waals surface area contributed by atoms with E-state index in [-0.39, 0.29) is 5.75 Å². The molecule has 0 saturated carbocycles. The largest absolute Gasteiger partial charge is 0.435 e. The van der Waals surface area contributed by atoms with Gasteiger partial charge in [0.05, 0.1) is 0 Å². The first-order valence-corrected chi connectivity index (χ1v) is 7.62. The van der Waals surface area contributed by atoms with Crippen LogP contribution in [0.3, 0.4) is 0 Å². The Morgan fingerprint density at radius 3 is 2.77 bits per heavy atom. The first kappa shape index (κ1) is 14.9. The van der Waals surface area contributed by atoms with Crippen LogP contribution in [0.2, 0.25) is 0 Å². The number of hydrogen-bond donors (Lipinski definition) is 1. The average molecular weight is 309 g/mol. The lowest BCUT2D eigenvalue weighted by Crippen LogP contribution is -2.52. The molecule has 0 aromatic heterocycles. The third-order valence-electron chi connectivity index (χ3n) is 4.14. The van der Waals surface area contributed by atoms with E-state index in [1.807, 2.05) is 12.1 Å². The maximum Gasteiger partial charge on any atom is 0.387 e. The summed E-state index contributed by atoms with van der Waals surface area (Å²) in [6, 6.07) is 7.37. The van der Waals surface area contributed by atoms with Gasteiger partial charge in [0.1, 0.15) is 11.6 Å². The second-order valence-corrected chi connectivity index (χ2v) is 5.75. The Labute approximate surface area is 129 Å². The van der Waals surface area contributed by atoms with Crippen molar-refractivity contribution >= 4 is 0 Å². The summed E-state index contributed by atoms with van der Waals surface area (Å²) in [7, 11) is 0. The number of ether oxygens (including phenoxy) is 1. The molecule has 2 heterocycles. The highest BCUT2D eigenvalue weighted by atomic mass is 19.3. The molecule has 0 spiro atoms. The molecule has 0 radical (unpaired) electrons. The number of hydrogen-bond acceptors (Lipinski definition) is 4. The van der Waals surface area contributed by atoms with Gasteiger partial charge in [-0.3, -0.25) is 0 Å². The second-order valence-electron chi connectivity index (χ2n) is 5.75. The maximum absolute atomic E-state index is 12.2.